The maximum Gasteiger partial charge on any atom is 0.251 e. The lowest BCUT2D eigenvalue weighted by molar-refractivity contribution is -0.121. The number of hydrogen-bond donors (Lipinski definition) is 2. The minimum atomic E-state index is -0.197. The van der Waals surface area contributed by atoms with Gasteiger partial charge in [-0.2, -0.15) is 0 Å². The minimum absolute atomic E-state index is 0. The number of rotatable bonds is 5. The highest BCUT2D eigenvalue weighted by Crippen LogP contribution is 2.04. The van der Waals surface area contributed by atoms with Gasteiger partial charge in [0.05, 0.1) is 0 Å². The molecule has 0 saturated carbocycles. The van der Waals surface area contributed by atoms with Crippen molar-refractivity contribution in [2.75, 3.05) is 13.1 Å². The summed E-state index contributed by atoms with van der Waals surface area (Å²) in [5, 5.41) is 2.68. The van der Waals surface area contributed by atoms with E-state index in [-0.39, 0.29) is 30.4 Å². The third-order valence-corrected chi connectivity index (χ3v) is 2.43. The molecule has 0 saturated heterocycles. The summed E-state index contributed by atoms with van der Waals surface area (Å²) >= 11 is 3.24. The van der Waals surface area contributed by atoms with Gasteiger partial charge in [-0.1, -0.05) is 0 Å². The van der Waals surface area contributed by atoms with Crippen molar-refractivity contribution >= 4 is 34.2 Å². The van der Waals surface area contributed by atoms with Crippen LogP contribution >= 0.6 is 28.3 Å². The van der Waals surface area contributed by atoms with E-state index in [1.54, 1.807) is 12.3 Å². The Bertz CT molecular complexity index is 422. The van der Waals surface area contributed by atoms with Gasteiger partial charge in [-0.15, -0.1) is 12.4 Å². The number of carbonyl (C=O) groups is 1. The topological polar surface area (TPSA) is 77.1 Å². The molecule has 17 heavy (non-hydrogen) atoms. The van der Waals surface area contributed by atoms with Gasteiger partial charge < -0.3 is 15.6 Å². The van der Waals surface area contributed by atoms with Gasteiger partial charge in [0.25, 0.3) is 5.56 Å². The van der Waals surface area contributed by atoms with Crippen LogP contribution < -0.4 is 16.6 Å². The number of nitrogens with two attached hydrogens (primary N) is 1. The lowest BCUT2D eigenvalue weighted by Gasteiger charge is -2.06. The second-order valence-corrected chi connectivity index (χ2v) is 4.22. The molecular weight excluding hydrogens is 309 g/mol. The third-order valence-electron chi connectivity index (χ3n) is 1.96. The van der Waals surface area contributed by atoms with Crippen LogP contribution in [0.15, 0.2) is 27.6 Å². The number of nitrogens with zero attached hydrogens (tertiary/aromatic N) is 1. The molecule has 0 aliphatic rings. The molecule has 1 rings (SSSR count). The quantitative estimate of drug-likeness (QED) is 0.774. The Kier molecular flexibility index (Phi) is 7.86. The summed E-state index contributed by atoms with van der Waals surface area (Å²) in [6.07, 6.45) is 2.32. The summed E-state index contributed by atoms with van der Waals surface area (Å²) in [6.45, 7) is 1.11. The van der Waals surface area contributed by atoms with E-state index < -0.39 is 0 Å². The van der Waals surface area contributed by atoms with Crippen molar-refractivity contribution in [2.45, 2.75) is 13.0 Å². The Labute approximate surface area is 114 Å². The van der Waals surface area contributed by atoms with Crippen molar-refractivity contribution in [3.05, 3.63) is 33.2 Å². The zero-order valence-electron chi connectivity index (χ0n) is 9.19. The molecule has 1 aromatic rings. The molecule has 0 radical (unpaired) electrons. The molecule has 96 valence electrons. The van der Waals surface area contributed by atoms with E-state index in [1.165, 1.54) is 10.6 Å². The molecule has 1 aromatic heterocycles. The Balaban J connectivity index is 0.00000256. The van der Waals surface area contributed by atoms with Crippen LogP contribution in [0.1, 0.15) is 6.42 Å². The van der Waals surface area contributed by atoms with Crippen molar-refractivity contribution in [3.63, 3.8) is 0 Å². The van der Waals surface area contributed by atoms with Crippen LogP contribution in [0, 0.1) is 0 Å². The lowest BCUT2D eigenvalue weighted by Crippen LogP contribution is -2.32. The normalized spacial score (nSPS) is 9.53. The van der Waals surface area contributed by atoms with E-state index in [2.05, 4.69) is 21.2 Å². The van der Waals surface area contributed by atoms with Crippen molar-refractivity contribution in [2.24, 2.45) is 5.73 Å². The van der Waals surface area contributed by atoms with Crippen molar-refractivity contribution in [3.8, 4) is 0 Å². The Hall–Kier alpha value is -0.850. The molecule has 0 fully saturated rings. The summed E-state index contributed by atoms with van der Waals surface area (Å²) in [4.78, 5) is 22.8. The van der Waals surface area contributed by atoms with E-state index >= 15 is 0 Å². The zero-order valence-corrected chi connectivity index (χ0v) is 11.6. The van der Waals surface area contributed by atoms with E-state index in [1.807, 2.05) is 0 Å². The van der Waals surface area contributed by atoms with E-state index in [0.29, 0.717) is 13.1 Å². The van der Waals surface area contributed by atoms with Gasteiger partial charge in [0.2, 0.25) is 5.91 Å². The maximum absolute atomic E-state index is 11.4. The first-order valence-corrected chi connectivity index (χ1v) is 5.75. The van der Waals surface area contributed by atoms with Gasteiger partial charge in [-0.3, -0.25) is 9.59 Å². The highest BCUT2D eigenvalue weighted by molar-refractivity contribution is 9.10. The highest BCUT2D eigenvalue weighted by Gasteiger charge is 2.03. The van der Waals surface area contributed by atoms with E-state index in [0.717, 1.165) is 10.9 Å². The fourth-order valence-electron chi connectivity index (χ4n) is 1.17. The van der Waals surface area contributed by atoms with E-state index in [4.69, 9.17) is 5.73 Å². The van der Waals surface area contributed by atoms with Gasteiger partial charge in [-0.05, 0) is 35.0 Å². The van der Waals surface area contributed by atoms with E-state index in [9.17, 15) is 9.59 Å². The summed E-state index contributed by atoms with van der Waals surface area (Å²) in [5.74, 6) is -0.186. The Morgan fingerprint density at radius 1 is 1.47 bits per heavy atom. The van der Waals surface area contributed by atoms with Crippen LogP contribution in [0.5, 0.6) is 0 Å². The van der Waals surface area contributed by atoms with Crippen LogP contribution in [0.25, 0.3) is 0 Å². The summed E-state index contributed by atoms with van der Waals surface area (Å²) in [6, 6.07) is 3.06. The Morgan fingerprint density at radius 2 is 2.18 bits per heavy atom. The number of pyridine rings is 1. The highest BCUT2D eigenvalue weighted by atomic mass is 79.9. The molecule has 0 aliphatic carbocycles. The Morgan fingerprint density at radius 3 is 2.82 bits per heavy atom. The molecule has 3 N–H and O–H groups in total. The number of carbonyl (C=O) groups excluding carboxylic acids is 1. The number of hydrogen-bond acceptors (Lipinski definition) is 3. The fourth-order valence-corrected chi connectivity index (χ4v) is 1.55. The smallest absolute Gasteiger partial charge is 0.251 e. The van der Waals surface area contributed by atoms with Crippen LogP contribution in [0.2, 0.25) is 0 Å². The summed E-state index contributed by atoms with van der Waals surface area (Å²) < 4.78 is 2.11. The molecule has 0 bridgehead atoms. The van der Waals surface area contributed by atoms with Gasteiger partial charge in [0.15, 0.2) is 0 Å². The van der Waals surface area contributed by atoms with Crippen LogP contribution in [-0.4, -0.2) is 23.6 Å². The largest absolute Gasteiger partial charge is 0.355 e. The predicted molar refractivity (Wildman–Crippen MR) is 72.3 cm³/mol. The number of halogens is 2. The molecule has 5 nitrogen and oxygen atoms in total. The number of aromatic nitrogens is 1. The first-order valence-electron chi connectivity index (χ1n) is 4.96. The minimum Gasteiger partial charge on any atom is -0.355 e. The first kappa shape index (κ1) is 16.1. The number of nitrogens with one attached hydrogen (secondary N) is 1. The van der Waals surface area contributed by atoms with Crippen LogP contribution in [0.4, 0.5) is 0 Å². The van der Waals surface area contributed by atoms with Gasteiger partial charge in [0, 0.05) is 23.3 Å². The molecule has 0 aliphatic heterocycles. The summed E-state index contributed by atoms with van der Waals surface area (Å²) in [5.41, 5.74) is 5.10. The van der Waals surface area contributed by atoms with Crippen molar-refractivity contribution in [1.82, 2.24) is 9.88 Å². The van der Waals surface area contributed by atoms with Crippen LogP contribution in [-0.2, 0) is 11.3 Å². The monoisotopic (exact) mass is 323 g/mol. The first-order chi connectivity index (χ1) is 7.63. The molecule has 0 atom stereocenters. The maximum atomic E-state index is 11.4. The molecule has 0 aromatic carbocycles. The standard InChI is InChI=1S/C10H14BrN3O2.ClH/c11-8-2-3-10(16)14(6-8)7-9(15)13-5-1-4-12;/h2-3,6H,1,4-5,7,12H2,(H,13,15);1H. The van der Waals surface area contributed by atoms with Gasteiger partial charge >= 0.3 is 0 Å². The molecule has 0 unspecified atom stereocenters. The third kappa shape index (κ3) is 5.86. The molecule has 7 heteroatoms. The molecule has 1 amide bonds. The molecule has 0 spiro atoms. The summed E-state index contributed by atoms with van der Waals surface area (Å²) in [7, 11) is 0. The van der Waals surface area contributed by atoms with Gasteiger partial charge in [0.1, 0.15) is 6.54 Å². The average molecular weight is 325 g/mol. The average Bonchev–Trinajstić information content (AvgIpc) is 2.24. The predicted octanol–water partition coefficient (Wildman–Crippen LogP) is 0.498. The lowest BCUT2D eigenvalue weighted by atomic mass is 10.4. The zero-order chi connectivity index (χ0) is 12.0. The van der Waals surface area contributed by atoms with Crippen molar-refractivity contribution < 1.29 is 4.79 Å². The molecular formula is C10H15BrClN3O2. The van der Waals surface area contributed by atoms with Crippen molar-refractivity contribution in [1.29, 1.82) is 0 Å². The SMILES string of the molecule is Cl.NCCCNC(=O)Cn1cc(Br)ccc1=O. The van der Waals surface area contributed by atoms with Gasteiger partial charge in [-0.25, -0.2) is 0 Å². The number of amides is 1. The fraction of sp³-hybridized carbons (Fsp3) is 0.400. The van der Waals surface area contributed by atoms with Crippen LogP contribution in [0.3, 0.4) is 0 Å². The molecule has 1 heterocycles. The second kappa shape index (κ2) is 8.27. The second-order valence-electron chi connectivity index (χ2n) is 3.31.